The second-order valence-electron chi connectivity index (χ2n) is 5.20. The van der Waals surface area contributed by atoms with Gasteiger partial charge < -0.3 is 15.3 Å². The van der Waals surface area contributed by atoms with Gasteiger partial charge in [-0.2, -0.15) is 0 Å². The molecule has 1 aliphatic carbocycles. The minimum Gasteiger partial charge on any atom is -0.385 e. The molecule has 0 atom stereocenters. The number of aromatic nitrogens is 2. The van der Waals surface area contributed by atoms with E-state index >= 15 is 0 Å². The molecule has 0 bridgehead atoms. The number of nitrogens with one attached hydrogen (secondary N) is 3. The number of rotatable bonds is 3. The van der Waals surface area contributed by atoms with Gasteiger partial charge in [0.05, 0.1) is 11.0 Å². The fourth-order valence-corrected chi connectivity index (χ4v) is 2.70. The smallest absolute Gasteiger partial charge is 0.314 e. The molecular weight excluding hydrogens is 242 g/mol. The van der Waals surface area contributed by atoms with Crippen molar-refractivity contribution in [2.75, 3.05) is 11.9 Å². The summed E-state index contributed by atoms with van der Waals surface area (Å²) in [6.07, 6.45) is 5.26. The molecule has 100 valence electrons. The van der Waals surface area contributed by atoms with Gasteiger partial charge in [0.15, 0.2) is 0 Å². The zero-order valence-corrected chi connectivity index (χ0v) is 10.7. The first-order valence-corrected chi connectivity index (χ1v) is 6.72. The van der Waals surface area contributed by atoms with Gasteiger partial charge in [-0.05, 0) is 37.0 Å². The van der Waals surface area contributed by atoms with Gasteiger partial charge in [-0.1, -0.05) is 12.8 Å². The van der Waals surface area contributed by atoms with Crippen molar-refractivity contribution in [2.45, 2.75) is 25.7 Å². The number of benzene rings is 1. The molecule has 0 amide bonds. The van der Waals surface area contributed by atoms with Crippen LogP contribution in [0.2, 0.25) is 0 Å². The van der Waals surface area contributed by atoms with Crippen molar-refractivity contribution < 1.29 is 0 Å². The summed E-state index contributed by atoms with van der Waals surface area (Å²) >= 11 is 0. The molecule has 2 aromatic rings. The molecule has 3 rings (SSSR count). The Morgan fingerprint density at radius 3 is 2.47 bits per heavy atom. The minimum absolute atomic E-state index is 0.611. The maximum atomic E-state index is 11.3. The molecule has 0 unspecified atom stereocenters. The van der Waals surface area contributed by atoms with Crippen LogP contribution in [-0.2, 0) is 0 Å². The van der Waals surface area contributed by atoms with Crippen LogP contribution in [0, 0.1) is 5.92 Å². The Kier molecular flexibility index (Phi) is 3.11. The highest BCUT2D eigenvalue weighted by molar-refractivity contribution is 5.78. The van der Waals surface area contributed by atoms with Gasteiger partial charge in [-0.15, -0.1) is 0 Å². The van der Waals surface area contributed by atoms with Crippen molar-refractivity contribution in [2.24, 2.45) is 5.92 Å². The molecule has 0 aliphatic heterocycles. The molecule has 1 aromatic carbocycles. The SMILES string of the molecule is O=c1[nH]c2ccc(NCC3CCCC3)cc2[nH]c1=O. The van der Waals surface area contributed by atoms with Crippen LogP contribution in [0.25, 0.3) is 11.0 Å². The summed E-state index contributed by atoms with van der Waals surface area (Å²) in [5, 5.41) is 3.40. The van der Waals surface area contributed by atoms with Gasteiger partial charge in [-0.25, -0.2) is 0 Å². The summed E-state index contributed by atoms with van der Waals surface area (Å²) in [5.41, 5.74) is 1.05. The van der Waals surface area contributed by atoms with E-state index in [0.29, 0.717) is 11.0 Å². The van der Waals surface area contributed by atoms with Crippen LogP contribution in [0.1, 0.15) is 25.7 Å². The van der Waals surface area contributed by atoms with Crippen LogP contribution in [-0.4, -0.2) is 16.5 Å². The molecule has 1 aliphatic rings. The average Bonchev–Trinajstić information content (AvgIpc) is 2.91. The van der Waals surface area contributed by atoms with Crippen LogP contribution in [0.3, 0.4) is 0 Å². The third-order valence-electron chi connectivity index (χ3n) is 3.79. The van der Waals surface area contributed by atoms with Crippen molar-refractivity contribution in [1.82, 2.24) is 9.97 Å². The lowest BCUT2D eigenvalue weighted by atomic mass is 10.1. The largest absolute Gasteiger partial charge is 0.385 e. The molecule has 1 aromatic heterocycles. The molecule has 19 heavy (non-hydrogen) atoms. The lowest BCUT2D eigenvalue weighted by Gasteiger charge is -2.12. The lowest BCUT2D eigenvalue weighted by Crippen LogP contribution is -2.28. The van der Waals surface area contributed by atoms with E-state index < -0.39 is 11.1 Å². The normalized spacial score (nSPS) is 16.0. The van der Waals surface area contributed by atoms with E-state index in [4.69, 9.17) is 0 Å². The van der Waals surface area contributed by atoms with Gasteiger partial charge >= 0.3 is 11.1 Å². The monoisotopic (exact) mass is 259 g/mol. The highest BCUT2D eigenvalue weighted by Crippen LogP contribution is 2.25. The van der Waals surface area contributed by atoms with Crippen molar-refractivity contribution in [1.29, 1.82) is 0 Å². The summed E-state index contributed by atoms with van der Waals surface area (Å²) < 4.78 is 0. The Balaban J connectivity index is 1.82. The first-order chi connectivity index (χ1) is 9.22. The van der Waals surface area contributed by atoms with Crippen LogP contribution in [0.4, 0.5) is 5.69 Å². The zero-order valence-electron chi connectivity index (χ0n) is 10.7. The van der Waals surface area contributed by atoms with Crippen molar-refractivity contribution in [3.05, 3.63) is 38.9 Å². The van der Waals surface area contributed by atoms with E-state index in [0.717, 1.165) is 18.2 Å². The van der Waals surface area contributed by atoms with Crippen molar-refractivity contribution >= 4 is 16.7 Å². The standard InChI is InChI=1S/C14H17N3O2/c18-13-14(19)17-12-7-10(5-6-11(12)16-13)15-8-9-3-1-2-4-9/h5-7,9,15H,1-4,8H2,(H,16,18)(H,17,19). The number of H-pyrrole nitrogens is 2. The van der Waals surface area contributed by atoms with Gasteiger partial charge in [0, 0.05) is 12.2 Å². The quantitative estimate of drug-likeness (QED) is 0.736. The fraction of sp³-hybridized carbons (Fsp3) is 0.429. The van der Waals surface area contributed by atoms with Crippen LogP contribution < -0.4 is 16.4 Å². The second kappa shape index (κ2) is 4.91. The van der Waals surface area contributed by atoms with E-state index in [-0.39, 0.29) is 0 Å². The van der Waals surface area contributed by atoms with Gasteiger partial charge in [0.1, 0.15) is 0 Å². The molecule has 1 fully saturated rings. The van der Waals surface area contributed by atoms with E-state index in [1.807, 2.05) is 18.2 Å². The molecule has 5 nitrogen and oxygen atoms in total. The fourth-order valence-electron chi connectivity index (χ4n) is 2.70. The maximum absolute atomic E-state index is 11.3. The number of anilines is 1. The Bertz CT molecular complexity index is 696. The Labute approximate surface area is 110 Å². The third-order valence-corrected chi connectivity index (χ3v) is 3.79. The van der Waals surface area contributed by atoms with E-state index in [2.05, 4.69) is 15.3 Å². The number of aromatic amines is 2. The molecule has 1 heterocycles. The minimum atomic E-state index is -0.612. The Morgan fingerprint density at radius 2 is 1.74 bits per heavy atom. The molecule has 1 saturated carbocycles. The van der Waals surface area contributed by atoms with Crippen molar-refractivity contribution in [3.8, 4) is 0 Å². The first-order valence-electron chi connectivity index (χ1n) is 6.72. The van der Waals surface area contributed by atoms with E-state index in [1.165, 1.54) is 25.7 Å². The second-order valence-corrected chi connectivity index (χ2v) is 5.20. The summed E-state index contributed by atoms with van der Waals surface area (Å²) in [5.74, 6) is 0.755. The Morgan fingerprint density at radius 1 is 1.05 bits per heavy atom. The summed E-state index contributed by atoms with van der Waals surface area (Å²) in [6.45, 7) is 0.971. The Hall–Kier alpha value is -2.04. The number of fused-ring (bicyclic) bond motifs is 1. The molecule has 0 radical (unpaired) electrons. The van der Waals surface area contributed by atoms with Crippen molar-refractivity contribution in [3.63, 3.8) is 0 Å². The van der Waals surface area contributed by atoms with E-state index in [1.54, 1.807) is 0 Å². The zero-order chi connectivity index (χ0) is 13.2. The molecule has 3 N–H and O–H groups in total. The maximum Gasteiger partial charge on any atom is 0.314 e. The number of hydrogen-bond acceptors (Lipinski definition) is 3. The predicted octanol–water partition coefficient (Wildman–Crippen LogP) is 1.82. The summed E-state index contributed by atoms with van der Waals surface area (Å²) in [6, 6.07) is 5.59. The third kappa shape index (κ3) is 2.54. The van der Waals surface area contributed by atoms with Crippen LogP contribution in [0.15, 0.2) is 27.8 Å². The predicted molar refractivity (Wildman–Crippen MR) is 75.6 cm³/mol. The molecule has 0 saturated heterocycles. The number of hydrogen-bond donors (Lipinski definition) is 3. The highest BCUT2D eigenvalue weighted by Gasteiger charge is 2.14. The molecule has 0 spiro atoms. The first kappa shape index (κ1) is 12.0. The topological polar surface area (TPSA) is 77.8 Å². The summed E-state index contributed by atoms with van der Waals surface area (Å²) in [4.78, 5) is 27.6. The van der Waals surface area contributed by atoms with Gasteiger partial charge in [0.2, 0.25) is 0 Å². The summed E-state index contributed by atoms with van der Waals surface area (Å²) in [7, 11) is 0. The van der Waals surface area contributed by atoms with E-state index in [9.17, 15) is 9.59 Å². The van der Waals surface area contributed by atoms with Crippen LogP contribution >= 0.6 is 0 Å². The van der Waals surface area contributed by atoms with Gasteiger partial charge in [-0.3, -0.25) is 9.59 Å². The van der Waals surface area contributed by atoms with Gasteiger partial charge in [0.25, 0.3) is 0 Å². The average molecular weight is 259 g/mol. The lowest BCUT2D eigenvalue weighted by molar-refractivity contribution is 0.580. The molecule has 5 heteroatoms. The molecular formula is C14H17N3O2. The highest BCUT2D eigenvalue weighted by atomic mass is 16.2. The van der Waals surface area contributed by atoms with Crippen LogP contribution in [0.5, 0.6) is 0 Å².